The Morgan fingerprint density at radius 3 is 2.20 bits per heavy atom. The Hall–Kier alpha value is -4.90. The fourth-order valence-electron chi connectivity index (χ4n) is 4.08. The second kappa shape index (κ2) is 12.8. The Kier molecular flexibility index (Phi) is 8.97. The highest BCUT2D eigenvalue weighted by molar-refractivity contribution is 7.09. The molecule has 0 saturated heterocycles. The normalized spacial score (nSPS) is 11.3. The molecule has 11 heteroatoms. The number of amides is 3. The minimum Gasteiger partial charge on any atom is -0.497 e. The van der Waals surface area contributed by atoms with E-state index in [0.717, 1.165) is 17.1 Å². The Morgan fingerprint density at radius 1 is 0.975 bits per heavy atom. The van der Waals surface area contributed by atoms with Crippen molar-refractivity contribution in [3.8, 4) is 11.5 Å². The third-order valence-corrected chi connectivity index (χ3v) is 6.90. The monoisotopic (exact) mass is 559 g/mol. The van der Waals surface area contributed by atoms with E-state index in [1.807, 2.05) is 37.3 Å². The fraction of sp³-hybridized carbons (Fsp3) is 0.172. The lowest BCUT2D eigenvalue weighted by atomic mass is 10.0. The molecule has 1 heterocycles. The number of primary amides is 1. The molecule has 1 atom stereocenters. The number of aromatic nitrogens is 1. The minimum atomic E-state index is -1.13. The Labute approximate surface area is 235 Å². The summed E-state index contributed by atoms with van der Waals surface area (Å²) >= 11 is 0.743. The number of nitrogens with two attached hydrogens (primary N) is 2. The van der Waals surface area contributed by atoms with Gasteiger partial charge in [0.1, 0.15) is 22.4 Å². The van der Waals surface area contributed by atoms with Gasteiger partial charge in [0.05, 0.1) is 19.4 Å². The van der Waals surface area contributed by atoms with Gasteiger partial charge in [-0.2, -0.15) is 4.37 Å². The van der Waals surface area contributed by atoms with Gasteiger partial charge in [-0.3, -0.25) is 19.3 Å². The van der Waals surface area contributed by atoms with Gasteiger partial charge in [0.2, 0.25) is 5.91 Å². The van der Waals surface area contributed by atoms with Crippen molar-refractivity contribution < 1.29 is 23.9 Å². The zero-order chi connectivity index (χ0) is 28.6. The van der Waals surface area contributed by atoms with Gasteiger partial charge in [-0.25, -0.2) is 0 Å². The summed E-state index contributed by atoms with van der Waals surface area (Å²) in [6.07, 6.45) is 0. The van der Waals surface area contributed by atoms with Crippen molar-refractivity contribution in [3.05, 3.63) is 101 Å². The topological polar surface area (TPSA) is 150 Å². The number of rotatable bonds is 11. The molecule has 3 aromatic carbocycles. The van der Waals surface area contributed by atoms with Gasteiger partial charge in [0.15, 0.2) is 5.69 Å². The standard InChI is InChI=1S/C29H29N5O5S/c1-3-39-22-13-9-19(10-14-22)25(28(36)32-17-18-7-5-4-6-8-18)34(20-11-15-21(38-2)16-12-20)29(37)26-23(30)24(27(31)35)33-40-26/h4-16,25H,3,17,30H2,1-2H3,(H2,31,35)(H,32,36)/t25-/m1/s1. The molecule has 0 fully saturated rings. The van der Waals surface area contributed by atoms with E-state index < -0.39 is 23.8 Å². The van der Waals surface area contributed by atoms with Crippen LogP contribution in [0.3, 0.4) is 0 Å². The molecule has 0 aliphatic heterocycles. The third kappa shape index (κ3) is 6.21. The highest BCUT2D eigenvalue weighted by Crippen LogP contribution is 2.34. The van der Waals surface area contributed by atoms with E-state index in [1.165, 1.54) is 12.0 Å². The molecule has 0 unspecified atom stereocenters. The van der Waals surface area contributed by atoms with Crippen LogP contribution in [0.4, 0.5) is 11.4 Å². The van der Waals surface area contributed by atoms with Gasteiger partial charge >= 0.3 is 0 Å². The molecule has 4 rings (SSSR count). The van der Waals surface area contributed by atoms with Crippen LogP contribution in [0, 0.1) is 0 Å². The zero-order valence-electron chi connectivity index (χ0n) is 22.0. The quantitative estimate of drug-likeness (QED) is 0.252. The lowest BCUT2D eigenvalue weighted by molar-refractivity contribution is -0.122. The first-order chi connectivity index (χ1) is 19.3. The number of nitrogen functional groups attached to an aromatic ring is 1. The summed E-state index contributed by atoms with van der Waals surface area (Å²) in [6, 6.07) is 21.9. The summed E-state index contributed by atoms with van der Waals surface area (Å²) in [5, 5.41) is 2.95. The van der Waals surface area contributed by atoms with Gasteiger partial charge in [-0.1, -0.05) is 42.5 Å². The molecule has 0 saturated carbocycles. The molecule has 4 aromatic rings. The smallest absolute Gasteiger partial charge is 0.273 e. The largest absolute Gasteiger partial charge is 0.497 e. The number of hydrogen-bond acceptors (Lipinski definition) is 8. The molecule has 10 nitrogen and oxygen atoms in total. The van der Waals surface area contributed by atoms with Crippen molar-refractivity contribution in [1.29, 1.82) is 0 Å². The molecule has 40 heavy (non-hydrogen) atoms. The molecular weight excluding hydrogens is 530 g/mol. The van der Waals surface area contributed by atoms with Crippen LogP contribution in [0.2, 0.25) is 0 Å². The lowest BCUT2D eigenvalue weighted by Gasteiger charge is -2.31. The molecule has 0 radical (unpaired) electrons. The highest BCUT2D eigenvalue weighted by atomic mass is 32.1. The fourth-order valence-corrected chi connectivity index (χ4v) is 4.82. The number of carbonyl (C=O) groups excluding carboxylic acids is 3. The van der Waals surface area contributed by atoms with Crippen LogP contribution in [-0.2, 0) is 11.3 Å². The average Bonchev–Trinajstić information content (AvgIpc) is 3.37. The van der Waals surface area contributed by atoms with Crippen LogP contribution in [0.5, 0.6) is 11.5 Å². The minimum absolute atomic E-state index is 0.0172. The Bertz CT molecular complexity index is 1470. The second-order valence-electron chi connectivity index (χ2n) is 8.62. The van der Waals surface area contributed by atoms with E-state index in [2.05, 4.69) is 9.69 Å². The molecule has 0 aliphatic carbocycles. The Morgan fingerprint density at radius 2 is 1.62 bits per heavy atom. The molecule has 206 valence electrons. The summed E-state index contributed by atoms with van der Waals surface area (Å²) < 4.78 is 14.8. The maximum absolute atomic E-state index is 14.1. The van der Waals surface area contributed by atoms with Crippen LogP contribution in [0.15, 0.2) is 78.9 Å². The van der Waals surface area contributed by atoms with E-state index in [1.54, 1.807) is 48.5 Å². The van der Waals surface area contributed by atoms with Crippen LogP contribution in [0.1, 0.15) is 44.3 Å². The number of benzene rings is 3. The maximum atomic E-state index is 14.1. The van der Waals surface area contributed by atoms with Crippen molar-refractivity contribution in [2.75, 3.05) is 24.4 Å². The maximum Gasteiger partial charge on any atom is 0.273 e. The zero-order valence-corrected chi connectivity index (χ0v) is 22.8. The number of nitrogens with one attached hydrogen (secondary N) is 1. The van der Waals surface area contributed by atoms with Crippen LogP contribution < -0.4 is 31.2 Å². The van der Waals surface area contributed by atoms with Gasteiger partial charge < -0.3 is 26.3 Å². The number of ether oxygens (including phenoxy) is 2. The number of anilines is 2. The summed E-state index contributed by atoms with van der Waals surface area (Å²) in [5.41, 5.74) is 13.0. The molecule has 0 bridgehead atoms. The summed E-state index contributed by atoms with van der Waals surface area (Å²) in [4.78, 5) is 41.2. The predicted molar refractivity (Wildman–Crippen MR) is 153 cm³/mol. The first-order valence-corrected chi connectivity index (χ1v) is 13.2. The van der Waals surface area contributed by atoms with Crippen LogP contribution in [-0.4, -0.2) is 35.8 Å². The summed E-state index contributed by atoms with van der Waals surface area (Å²) in [6.45, 7) is 2.59. The molecule has 5 N–H and O–H groups in total. The lowest BCUT2D eigenvalue weighted by Crippen LogP contribution is -2.44. The van der Waals surface area contributed by atoms with Gasteiger partial charge in [0.25, 0.3) is 11.8 Å². The molecule has 0 aliphatic rings. The first kappa shape index (κ1) is 28.1. The number of carbonyl (C=O) groups is 3. The first-order valence-electron chi connectivity index (χ1n) is 12.4. The van der Waals surface area contributed by atoms with Crippen molar-refractivity contribution in [3.63, 3.8) is 0 Å². The van der Waals surface area contributed by atoms with Gasteiger partial charge in [-0.15, -0.1) is 0 Å². The second-order valence-corrected chi connectivity index (χ2v) is 9.39. The number of methoxy groups -OCH3 is 1. The van der Waals surface area contributed by atoms with Crippen LogP contribution >= 0.6 is 11.5 Å². The number of hydrogen-bond donors (Lipinski definition) is 3. The molecular formula is C29H29N5O5S. The van der Waals surface area contributed by atoms with Crippen LogP contribution in [0.25, 0.3) is 0 Å². The molecule has 3 amide bonds. The van der Waals surface area contributed by atoms with E-state index in [4.69, 9.17) is 20.9 Å². The third-order valence-electron chi connectivity index (χ3n) is 6.05. The molecule has 1 aromatic heterocycles. The highest BCUT2D eigenvalue weighted by Gasteiger charge is 2.36. The van der Waals surface area contributed by atoms with Crippen molar-refractivity contribution in [2.24, 2.45) is 5.73 Å². The summed E-state index contributed by atoms with van der Waals surface area (Å²) in [5.74, 6) is -0.727. The van der Waals surface area contributed by atoms with Gasteiger partial charge in [-0.05, 0) is 66.0 Å². The Balaban J connectivity index is 1.82. The van der Waals surface area contributed by atoms with E-state index in [0.29, 0.717) is 29.4 Å². The number of nitrogens with zero attached hydrogens (tertiary/aromatic N) is 2. The van der Waals surface area contributed by atoms with Gasteiger partial charge in [0, 0.05) is 12.2 Å². The summed E-state index contributed by atoms with van der Waals surface area (Å²) in [7, 11) is 1.53. The molecule has 0 spiro atoms. The van der Waals surface area contributed by atoms with E-state index in [9.17, 15) is 14.4 Å². The average molecular weight is 560 g/mol. The van der Waals surface area contributed by atoms with Crippen molar-refractivity contribution >= 4 is 40.6 Å². The van der Waals surface area contributed by atoms with Crippen molar-refractivity contribution in [1.82, 2.24) is 9.69 Å². The van der Waals surface area contributed by atoms with E-state index in [-0.39, 0.29) is 22.8 Å². The SMILES string of the molecule is CCOc1ccc([C@H](C(=O)NCc2ccccc2)N(C(=O)c2snc(C(N)=O)c2N)c2ccc(OC)cc2)cc1. The van der Waals surface area contributed by atoms with E-state index >= 15 is 0 Å². The van der Waals surface area contributed by atoms with Crippen molar-refractivity contribution in [2.45, 2.75) is 19.5 Å². The predicted octanol–water partition coefficient (Wildman–Crippen LogP) is 3.94.